The zero-order chi connectivity index (χ0) is 13.9. The number of halogens is 3. The molecule has 0 fully saturated rings. The van der Waals surface area contributed by atoms with Crippen molar-refractivity contribution in [1.82, 2.24) is 4.98 Å². The van der Waals surface area contributed by atoms with Gasteiger partial charge < -0.3 is 20.2 Å². The molecule has 0 saturated carbocycles. The van der Waals surface area contributed by atoms with Gasteiger partial charge >= 0.3 is 6.36 Å². The number of nitrogens with two attached hydrogens (primary N) is 1. The molecule has 0 aliphatic heterocycles. The Morgan fingerprint density at radius 1 is 1.26 bits per heavy atom. The smallest absolute Gasteiger partial charge is 0.432 e. The Balaban J connectivity index is 2.02. The Hall–Kier alpha value is -2.22. The lowest BCUT2D eigenvalue weighted by Crippen LogP contribution is -2.16. The molecule has 1 aromatic heterocycles. The molecule has 0 bridgehead atoms. The monoisotopic (exact) mass is 273 g/mol. The SMILES string of the molecule is NCc1coc(Nc2ccc(OC(F)(F)F)cc2)n1. The summed E-state index contributed by atoms with van der Waals surface area (Å²) in [6.45, 7) is 0.240. The van der Waals surface area contributed by atoms with E-state index in [9.17, 15) is 13.2 Å². The first-order valence-electron chi connectivity index (χ1n) is 5.23. The van der Waals surface area contributed by atoms with Crippen LogP contribution in [-0.2, 0) is 6.54 Å². The number of anilines is 2. The predicted octanol–water partition coefficient (Wildman–Crippen LogP) is 2.78. The first-order valence-corrected chi connectivity index (χ1v) is 5.23. The van der Waals surface area contributed by atoms with E-state index in [2.05, 4.69) is 15.0 Å². The van der Waals surface area contributed by atoms with E-state index in [1.807, 2.05) is 0 Å². The third-order valence-electron chi connectivity index (χ3n) is 2.10. The normalized spacial score (nSPS) is 11.4. The fraction of sp³-hybridized carbons (Fsp3) is 0.182. The molecule has 5 nitrogen and oxygen atoms in total. The van der Waals surface area contributed by atoms with Gasteiger partial charge in [0.2, 0.25) is 0 Å². The quantitative estimate of drug-likeness (QED) is 0.896. The van der Waals surface area contributed by atoms with E-state index >= 15 is 0 Å². The summed E-state index contributed by atoms with van der Waals surface area (Å²) in [7, 11) is 0. The Morgan fingerprint density at radius 3 is 2.47 bits per heavy atom. The van der Waals surface area contributed by atoms with E-state index in [-0.39, 0.29) is 18.3 Å². The summed E-state index contributed by atoms with van der Waals surface area (Å²) in [4.78, 5) is 3.99. The van der Waals surface area contributed by atoms with Gasteiger partial charge in [0.1, 0.15) is 12.0 Å². The maximum Gasteiger partial charge on any atom is 0.573 e. The lowest BCUT2D eigenvalue weighted by molar-refractivity contribution is -0.274. The molecule has 0 amide bonds. The van der Waals surface area contributed by atoms with Gasteiger partial charge in [-0.15, -0.1) is 13.2 Å². The second-order valence-electron chi connectivity index (χ2n) is 3.55. The molecule has 1 aromatic carbocycles. The summed E-state index contributed by atoms with van der Waals surface area (Å²) >= 11 is 0. The zero-order valence-electron chi connectivity index (χ0n) is 9.57. The largest absolute Gasteiger partial charge is 0.573 e. The highest BCUT2D eigenvalue weighted by molar-refractivity contribution is 5.53. The minimum absolute atomic E-state index is 0.213. The van der Waals surface area contributed by atoms with Gasteiger partial charge in [0.15, 0.2) is 0 Å². The predicted molar refractivity (Wildman–Crippen MR) is 60.8 cm³/mol. The molecule has 1 heterocycles. The van der Waals surface area contributed by atoms with Gasteiger partial charge in [-0.05, 0) is 24.3 Å². The van der Waals surface area contributed by atoms with E-state index in [0.717, 1.165) is 0 Å². The Bertz CT molecular complexity index is 537. The van der Waals surface area contributed by atoms with Gasteiger partial charge in [0, 0.05) is 12.2 Å². The van der Waals surface area contributed by atoms with Crippen molar-refractivity contribution in [1.29, 1.82) is 0 Å². The lowest BCUT2D eigenvalue weighted by Gasteiger charge is -2.09. The Morgan fingerprint density at radius 2 is 1.95 bits per heavy atom. The summed E-state index contributed by atoms with van der Waals surface area (Å²) in [5.74, 6) is -0.298. The number of hydrogen-bond acceptors (Lipinski definition) is 5. The zero-order valence-corrected chi connectivity index (χ0v) is 9.57. The van der Waals surface area contributed by atoms with Crippen LogP contribution in [0.2, 0.25) is 0 Å². The van der Waals surface area contributed by atoms with Crippen molar-refractivity contribution in [2.24, 2.45) is 5.73 Å². The second kappa shape index (κ2) is 5.19. The van der Waals surface area contributed by atoms with E-state index in [1.54, 1.807) is 0 Å². The fourth-order valence-electron chi connectivity index (χ4n) is 1.32. The summed E-state index contributed by atoms with van der Waals surface area (Å²) in [5.41, 5.74) is 6.44. The molecule has 0 aliphatic carbocycles. The number of benzene rings is 1. The summed E-state index contributed by atoms with van der Waals surface area (Å²) in [6.07, 6.45) is -3.31. The summed E-state index contributed by atoms with van der Waals surface area (Å²) < 4.78 is 44.7. The number of nitrogens with zero attached hydrogens (tertiary/aromatic N) is 1. The Labute approximate surface area is 106 Å². The topological polar surface area (TPSA) is 73.3 Å². The van der Waals surface area contributed by atoms with Crippen LogP contribution in [0.5, 0.6) is 5.75 Å². The standard InChI is InChI=1S/C11H10F3N3O2/c12-11(13,14)19-9-3-1-7(2-4-9)16-10-17-8(5-15)6-18-10/h1-4,6H,5,15H2,(H,16,17). The number of hydrogen-bond donors (Lipinski definition) is 2. The first kappa shape index (κ1) is 13.2. The van der Waals surface area contributed by atoms with Crippen LogP contribution in [0, 0.1) is 0 Å². The highest BCUT2D eigenvalue weighted by Gasteiger charge is 2.30. The van der Waals surface area contributed by atoms with Gasteiger partial charge in [-0.1, -0.05) is 0 Å². The average molecular weight is 273 g/mol. The van der Waals surface area contributed by atoms with Crippen molar-refractivity contribution in [3.63, 3.8) is 0 Å². The minimum Gasteiger partial charge on any atom is -0.432 e. The van der Waals surface area contributed by atoms with Crippen LogP contribution in [0.4, 0.5) is 24.9 Å². The van der Waals surface area contributed by atoms with E-state index < -0.39 is 6.36 Å². The van der Waals surface area contributed by atoms with Crippen molar-refractivity contribution >= 4 is 11.7 Å². The fourth-order valence-corrected chi connectivity index (χ4v) is 1.32. The molecule has 0 spiro atoms. The second-order valence-corrected chi connectivity index (χ2v) is 3.55. The molecule has 2 rings (SSSR count). The van der Waals surface area contributed by atoms with Crippen LogP contribution >= 0.6 is 0 Å². The van der Waals surface area contributed by atoms with Crippen LogP contribution in [0.25, 0.3) is 0 Å². The number of rotatable bonds is 4. The molecule has 0 radical (unpaired) electrons. The van der Waals surface area contributed by atoms with Crippen molar-refractivity contribution in [3.8, 4) is 5.75 Å². The molecular formula is C11H10F3N3O2. The van der Waals surface area contributed by atoms with Crippen LogP contribution in [-0.4, -0.2) is 11.3 Å². The van der Waals surface area contributed by atoms with Crippen molar-refractivity contribution in [3.05, 3.63) is 36.2 Å². The number of ether oxygens (including phenoxy) is 1. The van der Waals surface area contributed by atoms with Crippen molar-refractivity contribution in [2.75, 3.05) is 5.32 Å². The highest BCUT2D eigenvalue weighted by Crippen LogP contribution is 2.25. The lowest BCUT2D eigenvalue weighted by atomic mass is 10.3. The third-order valence-corrected chi connectivity index (χ3v) is 2.10. The minimum atomic E-state index is -4.70. The summed E-state index contributed by atoms with van der Waals surface area (Å²) in [6, 6.07) is 5.40. The molecular weight excluding hydrogens is 263 g/mol. The molecule has 0 atom stereocenters. The molecule has 2 aromatic rings. The summed E-state index contributed by atoms with van der Waals surface area (Å²) in [5, 5.41) is 2.78. The van der Waals surface area contributed by atoms with E-state index in [0.29, 0.717) is 11.4 Å². The van der Waals surface area contributed by atoms with Gasteiger partial charge in [-0.3, -0.25) is 0 Å². The average Bonchev–Trinajstić information content (AvgIpc) is 2.77. The molecule has 0 aliphatic rings. The molecule has 0 unspecified atom stereocenters. The van der Waals surface area contributed by atoms with Gasteiger partial charge in [-0.2, -0.15) is 4.98 Å². The van der Waals surface area contributed by atoms with Crippen LogP contribution in [0.15, 0.2) is 34.9 Å². The number of oxazole rings is 1. The first-order chi connectivity index (χ1) is 8.96. The number of aromatic nitrogens is 1. The van der Waals surface area contributed by atoms with Crippen LogP contribution < -0.4 is 15.8 Å². The molecule has 0 saturated heterocycles. The molecule has 19 heavy (non-hydrogen) atoms. The van der Waals surface area contributed by atoms with E-state index in [4.69, 9.17) is 10.2 Å². The van der Waals surface area contributed by atoms with Crippen molar-refractivity contribution in [2.45, 2.75) is 12.9 Å². The van der Waals surface area contributed by atoms with Crippen LogP contribution in [0.3, 0.4) is 0 Å². The highest BCUT2D eigenvalue weighted by atomic mass is 19.4. The molecule has 102 valence electrons. The number of nitrogens with one attached hydrogen (secondary N) is 1. The molecule has 8 heteroatoms. The van der Waals surface area contributed by atoms with Gasteiger partial charge in [-0.25, -0.2) is 0 Å². The van der Waals surface area contributed by atoms with Crippen LogP contribution in [0.1, 0.15) is 5.69 Å². The maximum atomic E-state index is 12.0. The maximum absolute atomic E-state index is 12.0. The van der Waals surface area contributed by atoms with Gasteiger partial charge in [0.05, 0.1) is 5.69 Å². The Kier molecular flexibility index (Phi) is 3.61. The third kappa shape index (κ3) is 3.88. The van der Waals surface area contributed by atoms with E-state index in [1.165, 1.54) is 30.5 Å². The number of alkyl halides is 3. The molecule has 3 N–H and O–H groups in total. The van der Waals surface area contributed by atoms with Gasteiger partial charge in [0.25, 0.3) is 6.01 Å². The van der Waals surface area contributed by atoms with Crippen molar-refractivity contribution < 1.29 is 22.3 Å².